The fourth-order valence-corrected chi connectivity index (χ4v) is 3.18. The zero-order valence-electron chi connectivity index (χ0n) is 12.0. The van der Waals surface area contributed by atoms with Gasteiger partial charge in [-0.2, -0.15) is 0 Å². The van der Waals surface area contributed by atoms with Gasteiger partial charge in [0.1, 0.15) is 0 Å². The summed E-state index contributed by atoms with van der Waals surface area (Å²) in [5, 5.41) is 0. The van der Waals surface area contributed by atoms with Gasteiger partial charge in [0.25, 0.3) is 0 Å². The maximum absolute atomic E-state index is 5.98. The molecule has 1 aliphatic rings. The van der Waals surface area contributed by atoms with Gasteiger partial charge in [0.15, 0.2) is 0 Å². The Morgan fingerprint density at radius 2 is 1.89 bits per heavy atom. The first kappa shape index (κ1) is 13.4. The highest BCUT2D eigenvalue weighted by molar-refractivity contribution is 5.52. The minimum absolute atomic E-state index is 0.117. The van der Waals surface area contributed by atoms with E-state index in [4.69, 9.17) is 5.73 Å². The van der Waals surface area contributed by atoms with Crippen molar-refractivity contribution in [3.63, 3.8) is 0 Å². The molecule has 0 saturated carbocycles. The van der Waals surface area contributed by atoms with E-state index in [9.17, 15) is 0 Å². The predicted octanol–water partition coefficient (Wildman–Crippen LogP) is 1.85. The van der Waals surface area contributed by atoms with Crippen LogP contribution >= 0.6 is 0 Å². The Kier molecular flexibility index (Phi) is 3.64. The number of nitrogens with zero attached hydrogens (tertiary/aromatic N) is 2. The van der Waals surface area contributed by atoms with Crippen molar-refractivity contribution in [2.24, 2.45) is 5.73 Å². The van der Waals surface area contributed by atoms with Crippen LogP contribution in [0.2, 0.25) is 0 Å². The second-order valence-electron chi connectivity index (χ2n) is 6.10. The van der Waals surface area contributed by atoms with Crippen molar-refractivity contribution >= 4 is 5.69 Å². The van der Waals surface area contributed by atoms with Crippen molar-refractivity contribution in [2.45, 2.75) is 32.4 Å². The molecule has 1 saturated heterocycles. The lowest BCUT2D eigenvalue weighted by Gasteiger charge is -2.52. The van der Waals surface area contributed by atoms with Crippen LogP contribution in [0.4, 0.5) is 5.69 Å². The number of likely N-dealkylation sites (N-methyl/N-ethyl adjacent to an activating group) is 1. The van der Waals surface area contributed by atoms with Gasteiger partial charge in [-0.3, -0.25) is 0 Å². The highest BCUT2D eigenvalue weighted by Gasteiger charge is 2.38. The van der Waals surface area contributed by atoms with Crippen molar-refractivity contribution in [3.05, 3.63) is 29.8 Å². The maximum Gasteiger partial charge on any atom is 0.0545 e. The van der Waals surface area contributed by atoms with Crippen LogP contribution in [-0.4, -0.2) is 43.2 Å². The van der Waals surface area contributed by atoms with Crippen molar-refractivity contribution in [3.8, 4) is 0 Å². The topological polar surface area (TPSA) is 32.5 Å². The molecule has 3 heteroatoms. The Morgan fingerprint density at radius 1 is 1.28 bits per heavy atom. The Hall–Kier alpha value is -1.06. The second kappa shape index (κ2) is 4.90. The Labute approximate surface area is 111 Å². The van der Waals surface area contributed by atoms with Crippen molar-refractivity contribution in [1.29, 1.82) is 0 Å². The Balaban J connectivity index is 2.34. The summed E-state index contributed by atoms with van der Waals surface area (Å²) in [6, 6.07) is 9.17. The van der Waals surface area contributed by atoms with Gasteiger partial charge in [-0.25, -0.2) is 0 Å². The van der Waals surface area contributed by atoms with Crippen molar-refractivity contribution in [1.82, 2.24) is 4.90 Å². The predicted molar refractivity (Wildman–Crippen MR) is 78.1 cm³/mol. The molecule has 1 atom stereocenters. The molecule has 3 nitrogen and oxygen atoms in total. The number of piperazine rings is 1. The lowest BCUT2D eigenvalue weighted by atomic mass is 9.93. The molecule has 1 heterocycles. The third-order valence-electron chi connectivity index (χ3n) is 3.78. The van der Waals surface area contributed by atoms with E-state index in [1.54, 1.807) is 0 Å². The second-order valence-corrected chi connectivity index (χ2v) is 6.10. The smallest absolute Gasteiger partial charge is 0.0545 e. The summed E-state index contributed by atoms with van der Waals surface area (Å²) in [7, 11) is 2.18. The van der Waals surface area contributed by atoms with E-state index in [0.29, 0.717) is 12.6 Å². The fourth-order valence-electron chi connectivity index (χ4n) is 3.18. The molecule has 0 spiro atoms. The monoisotopic (exact) mass is 247 g/mol. The van der Waals surface area contributed by atoms with Crippen molar-refractivity contribution in [2.75, 3.05) is 31.6 Å². The normalized spacial score (nSPS) is 24.3. The zero-order valence-corrected chi connectivity index (χ0v) is 12.0. The molecule has 2 rings (SSSR count). The number of hydrogen-bond donors (Lipinski definition) is 1. The van der Waals surface area contributed by atoms with Gasteiger partial charge in [0.05, 0.1) is 6.04 Å². The molecule has 1 fully saturated rings. The van der Waals surface area contributed by atoms with E-state index in [1.165, 1.54) is 11.3 Å². The van der Waals surface area contributed by atoms with Gasteiger partial charge in [0.2, 0.25) is 0 Å². The molecule has 1 unspecified atom stereocenters. The number of rotatable bonds is 2. The van der Waals surface area contributed by atoms with Crippen molar-refractivity contribution < 1.29 is 0 Å². The van der Waals surface area contributed by atoms with Crippen LogP contribution in [0.5, 0.6) is 0 Å². The number of nitrogens with two attached hydrogens (primary N) is 1. The fraction of sp³-hybridized carbons (Fsp3) is 0.600. The average Bonchev–Trinajstić information content (AvgIpc) is 2.28. The van der Waals surface area contributed by atoms with E-state index in [0.717, 1.165) is 13.1 Å². The molecule has 1 aromatic carbocycles. The van der Waals surface area contributed by atoms with E-state index in [2.05, 4.69) is 61.9 Å². The van der Waals surface area contributed by atoms with Crippen LogP contribution in [0.3, 0.4) is 0 Å². The first-order valence-electron chi connectivity index (χ1n) is 6.68. The summed E-state index contributed by atoms with van der Waals surface area (Å²) >= 11 is 0. The van der Waals surface area contributed by atoms with E-state index >= 15 is 0 Å². The molecule has 1 aliphatic heterocycles. The average molecular weight is 247 g/mol. The number of benzene rings is 1. The van der Waals surface area contributed by atoms with Crippen LogP contribution in [0.1, 0.15) is 19.4 Å². The van der Waals surface area contributed by atoms with Crippen LogP contribution in [0, 0.1) is 6.92 Å². The molecule has 0 aliphatic carbocycles. The lowest BCUT2D eigenvalue weighted by molar-refractivity contribution is 0.182. The minimum Gasteiger partial charge on any atom is -0.360 e. The van der Waals surface area contributed by atoms with Gasteiger partial charge in [-0.1, -0.05) is 17.7 Å². The number of anilines is 1. The molecule has 2 N–H and O–H groups in total. The molecule has 1 aromatic rings. The largest absolute Gasteiger partial charge is 0.360 e. The molecule has 100 valence electrons. The first-order chi connectivity index (χ1) is 8.44. The molecule has 0 amide bonds. The standard InChI is InChI=1S/C15H25N3/c1-12-5-7-13(8-6-12)18-14(9-16)10-17(4)11-15(18,2)3/h5-8,14H,9-11,16H2,1-4H3. The van der Waals surface area contributed by atoms with Gasteiger partial charge in [-0.05, 0) is 40.0 Å². The molecular formula is C15H25N3. The third-order valence-corrected chi connectivity index (χ3v) is 3.78. The Morgan fingerprint density at radius 3 is 2.44 bits per heavy atom. The van der Waals surface area contributed by atoms with Crippen LogP contribution in [-0.2, 0) is 0 Å². The van der Waals surface area contributed by atoms with E-state index in [1.807, 2.05) is 0 Å². The highest BCUT2D eigenvalue weighted by Crippen LogP contribution is 2.30. The van der Waals surface area contributed by atoms with Gasteiger partial charge in [-0.15, -0.1) is 0 Å². The summed E-state index contributed by atoms with van der Waals surface area (Å²) in [5.41, 5.74) is 8.68. The Bertz CT molecular complexity index is 397. The first-order valence-corrected chi connectivity index (χ1v) is 6.68. The van der Waals surface area contributed by atoms with Crippen LogP contribution < -0.4 is 10.6 Å². The molecular weight excluding hydrogens is 222 g/mol. The summed E-state index contributed by atoms with van der Waals surface area (Å²) in [4.78, 5) is 4.87. The quantitative estimate of drug-likeness (QED) is 0.866. The SMILES string of the molecule is Cc1ccc(N2C(CN)CN(C)CC2(C)C)cc1. The summed E-state index contributed by atoms with van der Waals surface area (Å²) in [5.74, 6) is 0. The van der Waals surface area contributed by atoms with Crippen LogP contribution in [0.15, 0.2) is 24.3 Å². The van der Waals surface area contributed by atoms with E-state index in [-0.39, 0.29) is 5.54 Å². The minimum atomic E-state index is 0.117. The summed E-state index contributed by atoms with van der Waals surface area (Å²) in [6.07, 6.45) is 0. The van der Waals surface area contributed by atoms with E-state index < -0.39 is 0 Å². The summed E-state index contributed by atoms with van der Waals surface area (Å²) < 4.78 is 0. The van der Waals surface area contributed by atoms with Crippen LogP contribution in [0.25, 0.3) is 0 Å². The lowest BCUT2D eigenvalue weighted by Crippen LogP contribution is -2.65. The van der Waals surface area contributed by atoms with Gasteiger partial charge in [0, 0.05) is 30.9 Å². The molecule has 18 heavy (non-hydrogen) atoms. The zero-order chi connectivity index (χ0) is 13.3. The molecule has 0 radical (unpaired) electrons. The van der Waals surface area contributed by atoms with Gasteiger partial charge >= 0.3 is 0 Å². The third kappa shape index (κ3) is 2.52. The molecule has 0 aromatic heterocycles. The highest BCUT2D eigenvalue weighted by atomic mass is 15.3. The maximum atomic E-state index is 5.98. The molecule has 0 bridgehead atoms. The number of hydrogen-bond acceptors (Lipinski definition) is 3. The number of aryl methyl sites for hydroxylation is 1. The summed E-state index contributed by atoms with van der Waals surface area (Å²) in [6.45, 7) is 9.52. The van der Waals surface area contributed by atoms with Gasteiger partial charge < -0.3 is 15.5 Å².